The van der Waals surface area contributed by atoms with E-state index in [0.717, 1.165) is 6.26 Å². The predicted octanol–water partition coefficient (Wildman–Crippen LogP) is -0.920. The van der Waals surface area contributed by atoms with Gasteiger partial charge in [-0.1, -0.05) is 0 Å². The van der Waals surface area contributed by atoms with E-state index < -0.39 is 19.9 Å². The first kappa shape index (κ1) is 15.8. The van der Waals surface area contributed by atoms with E-state index in [1.807, 2.05) is 0 Å². The zero-order valence-electron chi connectivity index (χ0n) is 10.3. The highest BCUT2D eigenvalue weighted by Gasteiger charge is 2.14. The molecule has 10 heteroatoms. The fraction of sp³-hybridized carbons (Fsp3) is 0.444. The van der Waals surface area contributed by atoms with E-state index in [1.54, 1.807) is 0 Å². The van der Waals surface area contributed by atoms with Gasteiger partial charge in [-0.25, -0.2) is 32.4 Å². The average Bonchev–Trinajstić information content (AvgIpc) is 2.34. The standard InChI is InChI=1S/C9H16N4O4S2/c1-18(14,15)6-2-4-12-19(16,17)8-3-5-11-9(7-8)13-10/h3,5,7,12H,2,4,6,10H2,1H3,(H,11,13). The normalized spacial score (nSPS) is 12.3. The van der Waals surface area contributed by atoms with E-state index in [9.17, 15) is 16.8 Å². The number of nitrogens with one attached hydrogen (secondary N) is 2. The van der Waals surface area contributed by atoms with E-state index in [0.29, 0.717) is 0 Å². The zero-order chi connectivity index (χ0) is 14.5. The summed E-state index contributed by atoms with van der Waals surface area (Å²) in [6.45, 7) is 0.0448. The van der Waals surface area contributed by atoms with Gasteiger partial charge in [0.2, 0.25) is 10.0 Å². The van der Waals surface area contributed by atoms with Crippen LogP contribution in [0.25, 0.3) is 0 Å². The minimum Gasteiger partial charge on any atom is -0.308 e. The number of rotatable bonds is 7. The van der Waals surface area contributed by atoms with E-state index in [1.165, 1.54) is 18.3 Å². The van der Waals surface area contributed by atoms with Gasteiger partial charge >= 0.3 is 0 Å². The Bertz CT molecular complexity index is 627. The fourth-order valence-corrected chi connectivity index (χ4v) is 3.04. The van der Waals surface area contributed by atoms with Crippen molar-refractivity contribution in [2.24, 2.45) is 5.84 Å². The molecule has 0 aliphatic rings. The third kappa shape index (κ3) is 5.51. The summed E-state index contributed by atoms with van der Waals surface area (Å²) in [5.41, 5.74) is 2.24. The topological polar surface area (TPSA) is 131 Å². The number of hydrazine groups is 1. The minimum absolute atomic E-state index is 0.00908. The van der Waals surface area contributed by atoms with Crippen LogP contribution in [0.5, 0.6) is 0 Å². The van der Waals surface area contributed by atoms with E-state index in [2.05, 4.69) is 15.1 Å². The molecule has 1 rings (SSSR count). The monoisotopic (exact) mass is 308 g/mol. The van der Waals surface area contributed by atoms with Gasteiger partial charge in [0.15, 0.2) is 0 Å². The highest BCUT2D eigenvalue weighted by molar-refractivity contribution is 7.90. The van der Waals surface area contributed by atoms with Crippen molar-refractivity contribution in [2.75, 3.05) is 24.0 Å². The number of anilines is 1. The molecule has 1 aromatic rings. The lowest BCUT2D eigenvalue weighted by Crippen LogP contribution is -2.26. The molecule has 0 unspecified atom stereocenters. The van der Waals surface area contributed by atoms with Gasteiger partial charge in [-0.15, -0.1) is 0 Å². The van der Waals surface area contributed by atoms with Crippen molar-refractivity contribution in [3.8, 4) is 0 Å². The van der Waals surface area contributed by atoms with Crippen molar-refractivity contribution in [3.63, 3.8) is 0 Å². The Balaban J connectivity index is 2.65. The summed E-state index contributed by atoms with van der Waals surface area (Å²) in [4.78, 5) is 3.80. The molecule has 1 heterocycles. The van der Waals surface area contributed by atoms with Crippen LogP contribution in [0.1, 0.15) is 6.42 Å². The van der Waals surface area contributed by atoms with Gasteiger partial charge in [-0.2, -0.15) is 0 Å². The molecule has 0 fully saturated rings. The average molecular weight is 308 g/mol. The number of pyridine rings is 1. The van der Waals surface area contributed by atoms with Crippen molar-refractivity contribution >= 4 is 25.7 Å². The molecular formula is C9H16N4O4S2. The van der Waals surface area contributed by atoms with E-state index >= 15 is 0 Å². The third-order valence-corrected chi connectivity index (χ3v) is 4.66. The molecule has 0 aliphatic heterocycles. The molecule has 8 nitrogen and oxygen atoms in total. The molecule has 0 amide bonds. The largest absolute Gasteiger partial charge is 0.308 e. The van der Waals surface area contributed by atoms with Crippen LogP contribution in [-0.2, 0) is 19.9 Å². The molecule has 0 radical (unpaired) electrons. The lowest BCUT2D eigenvalue weighted by Gasteiger charge is -2.07. The number of nitrogen functional groups attached to an aromatic ring is 1. The molecule has 0 saturated heterocycles. The quantitative estimate of drug-likeness (QED) is 0.337. The Morgan fingerprint density at radius 1 is 1.32 bits per heavy atom. The highest BCUT2D eigenvalue weighted by Crippen LogP contribution is 2.11. The Kier molecular flexibility index (Phi) is 5.23. The molecule has 19 heavy (non-hydrogen) atoms. The molecule has 0 saturated carbocycles. The van der Waals surface area contributed by atoms with Gasteiger partial charge in [0, 0.05) is 25.1 Å². The summed E-state index contributed by atoms with van der Waals surface area (Å²) in [5, 5.41) is 0. The summed E-state index contributed by atoms with van der Waals surface area (Å²) in [7, 11) is -6.78. The number of nitrogens with two attached hydrogens (primary N) is 1. The Morgan fingerprint density at radius 3 is 2.58 bits per heavy atom. The predicted molar refractivity (Wildman–Crippen MR) is 71.6 cm³/mol. The van der Waals surface area contributed by atoms with Crippen molar-refractivity contribution in [2.45, 2.75) is 11.3 Å². The maximum atomic E-state index is 11.9. The molecule has 108 valence electrons. The number of nitrogens with zero attached hydrogens (tertiary/aromatic N) is 1. The van der Waals surface area contributed by atoms with Crippen molar-refractivity contribution in [3.05, 3.63) is 18.3 Å². The molecule has 4 N–H and O–H groups in total. The molecule has 1 aromatic heterocycles. The second-order valence-electron chi connectivity index (χ2n) is 3.90. The maximum absolute atomic E-state index is 11.9. The summed E-state index contributed by atoms with van der Waals surface area (Å²) >= 11 is 0. The lowest BCUT2D eigenvalue weighted by molar-refractivity contribution is 0.577. The van der Waals surface area contributed by atoms with Crippen LogP contribution in [0.4, 0.5) is 5.82 Å². The van der Waals surface area contributed by atoms with Gasteiger partial charge in [-0.05, 0) is 12.5 Å². The summed E-state index contributed by atoms with van der Waals surface area (Å²) < 4.78 is 47.8. The molecule has 0 aliphatic carbocycles. The minimum atomic E-state index is -3.69. The SMILES string of the molecule is CS(=O)(=O)CCCNS(=O)(=O)c1ccnc(NN)c1. The maximum Gasteiger partial charge on any atom is 0.240 e. The number of hydrogen-bond donors (Lipinski definition) is 3. The Labute approximate surface area is 112 Å². The van der Waals surface area contributed by atoms with Gasteiger partial charge < -0.3 is 5.43 Å². The molecule has 0 spiro atoms. The van der Waals surface area contributed by atoms with Crippen LogP contribution in [0.2, 0.25) is 0 Å². The smallest absolute Gasteiger partial charge is 0.240 e. The summed E-state index contributed by atoms with van der Waals surface area (Å²) in [5.74, 6) is 5.29. The van der Waals surface area contributed by atoms with Crippen LogP contribution >= 0.6 is 0 Å². The molecule has 0 atom stereocenters. The van der Waals surface area contributed by atoms with Gasteiger partial charge in [0.25, 0.3) is 0 Å². The zero-order valence-corrected chi connectivity index (χ0v) is 12.0. The van der Waals surface area contributed by atoms with Crippen LogP contribution < -0.4 is 16.0 Å². The van der Waals surface area contributed by atoms with Gasteiger partial charge in [-0.3, -0.25) is 0 Å². The van der Waals surface area contributed by atoms with Gasteiger partial charge in [0.1, 0.15) is 15.7 Å². The number of sulfone groups is 1. The molecular weight excluding hydrogens is 292 g/mol. The van der Waals surface area contributed by atoms with Crippen LogP contribution in [0, 0.1) is 0 Å². The number of hydrogen-bond acceptors (Lipinski definition) is 7. The van der Waals surface area contributed by atoms with Gasteiger partial charge in [0.05, 0.1) is 10.6 Å². The highest BCUT2D eigenvalue weighted by atomic mass is 32.2. The van der Waals surface area contributed by atoms with Crippen molar-refractivity contribution in [1.29, 1.82) is 0 Å². The van der Waals surface area contributed by atoms with Crippen molar-refractivity contribution in [1.82, 2.24) is 9.71 Å². The lowest BCUT2D eigenvalue weighted by atomic mass is 10.5. The fourth-order valence-electron chi connectivity index (χ4n) is 1.28. The molecule has 0 bridgehead atoms. The number of sulfonamides is 1. The Morgan fingerprint density at radius 2 is 2.00 bits per heavy atom. The van der Waals surface area contributed by atoms with Crippen LogP contribution in [0.15, 0.2) is 23.2 Å². The molecule has 0 aromatic carbocycles. The summed E-state index contributed by atoms with van der Waals surface area (Å²) in [6, 6.07) is 2.60. The van der Waals surface area contributed by atoms with E-state index in [-0.39, 0.29) is 29.4 Å². The van der Waals surface area contributed by atoms with E-state index in [4.69, 9.17) is 5.84 Å². The number of aromatic nitrogens is 1. The second kappa shape index (κ2) is 6.28. The van der Waals surface area contributed by atoms with Crippen LogP contribution in [-0.4, -0.2) is 40.4 Å². The first-order valence-corrected chi connectivity index (χ1v) is 8.89. The van der Waals surface area contributed by atoms with Crippen LogP contribution in [0.3, 0.4) is 0 Å². The second-order valence-corrected chi connectivity index (χ2v) is 7.93. The third-order valence-electron chi connectivity index (χ3n) is 2.17. The first-order chi connectivity index (χ1) is 8.74. The Hall–Kier alpha value is -1.23. The first-order valence-electron chi connectivity index (χ1n) is 5.35. The summed E-state index contributed by atoms with van der Waals surface area (Å²) in [6.07, 6.45) is 2.62. The van der Waals surface area contributed by atoms with Crippen molar-refractivity contribution < 1.29 is 16.8 Å².